The molecule has 1 heterocycles. The fourth-order valence-corrected chi connectivity index (χ4v) is 3.13. The summed E-state index contributed by atoms with van der Waals surface area (Å²) in [5.74, 6) is 1.64. The van der Waals surface area contributed by atoms with Gasteiger partial charge in [0, 0.05) is 29.3 Å². The van der Waals surface area contributed by atoms with Crippen molar-refractivity contribution >= 4 is 34.3 Å². The van der Waals surface area contributed by atoms with Crippen LogP contribution in [0.3, 0.4) is 0 Å². The minimum atomic E-state index is -0.275. The zero-order valence-corrected chi connectivity index (χ0v) is 15.8. The molecule has 2 aromatic carbocycles. The first-order valence-corrected chi connectivity index (χ1v) is 9.88. The minimum Gasteiger partial charge on any atom is -0.484 e. The van der Waals surface area contributed by atoms with Gasteiger partial charge < -0.3 is 19.8 Å². The maximum Gasteiger partial charge on any atom is 0.262 e. The summed E-state index contributed by atoms with van der Waals surface area (Å²) in [5.41, 5.74) is 2.78. The molecule has 148 valence electrons. The maximum atomic E-state index is 12.3. The predicted octanol–water partition coefficient (Wildman–Crippen LogP) is 4.07. The number of hydrogen-bond donors (Lipinski definition) is 2. The summed E-state index contributed by atoms with van der Waals surface area (Å²) in [6.07, 6.45) is 4.15. The number of benzene rings is 2. The molecule has 5 rings (SSSR count). The quantitative estimate of drug-likeness (QED) is 0.633. The molecule has 0 atom stereocenters. The average Bonchev–Trinajstić information content (AvgIpc) is 3.63. The highest BCUT2D eigenvalue weighted by Crippen LogP contribution is 2.40. The fourth-order valence-electron chi connectivity index (χ4n) is 3.13. The predicted molar refractivity (Wildman–Crippen MR) is 108 cm³/mol. The summed E-state index contributed by atoms with van der Waals surface area (Å²) < 4.78 is 11.3. The Labute approximate surface area is 167 Å². The first-order chi connectivity index (χ1) is 14.1. The molecule has 7 nitrogen and oxygen atoms in total. The smallest absolute Gasteiger partial charge is 0.262 e. The minimum absolute atomic E-state index is 0.0352. The van der Waals surface area contributed by atoms with Gasteiger partial charge in [-0.2, -0.15) is 0 Å². The van der Waals surface area contributed by atoms with Gasteiger partial charge in [0.2, 0.25) is 5.91 Å². The zero-order valence-electron chi connectivity index (χ0n) is 15.8. The number of rotatable bonds is 7. The van der Waals surface area contributed by atoms with E-state index in [9.17, 15) is 9.59 Å². The van der Waals surface area contributed by atoms with E-state index in [1.807, 2.05) is 6.07 Å². The lowest BCUT2D eigenvalue weighted by atomic mass is 10.3. The third kappa shape index (κ3) is 4.23. The second kappa shape index (κ2) is 7.24. The van der Waals surface area contributed by atoms with Crippen LogP contribution in [0.5, 0.6) is 5.75 Å². The number of nitrogens with zero attached hydrogens (tertiary/aromatic N) is 1. The Balaban J connectivity index is 1.17. The molecule has 2 aliphatic rings. The van der Waals surface area contributed by atoms with Gasteiger partial charge >= 0.3 is 0 Å². The molecule has 3 aromatic rings. The van der Waals surface area contributed by atoms with Crippen LogP contribution in [0.2, 0.25) is 0 Å². The Bertz CT molecular complexity index is 1080. The van der Waals surface area contributed by atoms with Crippen molar-refractivity contribution in [2.45, 2.75) is 31.6 Å². The summed E-state index contributed by atoms with van der Waals surface area (Å²) in [7, 11) is 0. The number of carbonyl (C=O) groups excluding carboxylic acids is 2. The summed E-state index contributed by atoms with van der Waals surface area (Å²) in [6.45, 7) is -0.135. The molecule has 7 heteroatoms. The topological polar surface area (TPSA) is 93.5 Å². The Morgan fingerprint density at radius 3 is 2.66 bits per heavy atom. The Kier molecular flexibility index (Phi) is 4.42. The van der Waals surface area contributed by atoms with Crippen molar-refractivity contribution in [1.29, 1.82) is 0 Å². The molecule has 0 spiro atoms. The lowest BCUT2D eigenvalue weighted by Gasteiger charge is -2.09. The van der Waals surface area contributed by atoms with Gasteiger partial charge in [0.05, 0.1) is 0 Å². The number of aromatic nitrogens is 1. The lowest BCUT2D eigenvalue weighted by Crippen LogP contribution is -2.20. The number of amides is 2. The maximum absolute atomic E-state index is 12.3. The average molecular weight is 391 g/mol. The van der Waals surface area contributed by atoms with Gasteiger partial charge in [-0.25, -0.2) is 4.98 Å². The van der Waals surface area contributed by atoms with Crippen LogP contribution in [0.4, 0.5) is 11.4 Å². The van der Waals surface area contributed by atoms with Crippen LogP contribution in [0.1, 0.15) is 37.5 Å². The summed E-state index contributed by atoms with van der Waals surface area (Å²) in [6, 6.07) is 12.5. The van der Waals surface area contributed by atoms with E-state index >= 15 is 0 Å². The summed E-state index contributed by atoms with van der Waals surface area (Å²) in [4.78, 5) is 28.6. The van der Waals surface area contributed by atoms with E-state index < -0.39 is 0 Å². The van der Waals surface area contributed by atoms with Gasteiger partial charge in [-0.1, -0.05) is 6.07 Å². The van der Waals surface area contributed by atoms with Crippen LogP contribution < -0.4 is 15.4 Å². The number of nitrogens with one attached hydrogen (secondary N) is 2. The summed E-state index contributed by atoms with van der Waals surface area (Å²) >= 11 is 0. The van der Waals surface area contributed by atoms with Crippen molar-refractivity contribution in [2.24, 2.45) is 5.92 Å². The molecule has 0 unspecified atom stereocenters. The molecular formula is C22H21N3O4. The van der Waals surface area contributed by atoms with Gasteiger partial charge in [-0.05, 0) is 56.0 Å². The standard InChI is InChI=1S/C22H21N3O4/c26-20(12-28-17-3-1-2-15(10-17)24-21(27)13-4-5-13)23-16-8-9-19-18(11-16)25-22(29-19)14-6-7-14/h1-3,8-11,13-14H,4-7,12H2,(H,23,26)(H,24,27). The number of fused-ring (bicyclic) bond motifs is 1. The van der Waals surface area contributed by atoms with Gasteiger partial charge in [-0.3, -0.25) is 9.59 Å². The third-order valence-corrected chi connectivity index (χ3v) is 5.03. The van der Waals surface area contributed by atoms with Crippen molar-refractivity contribution in [3.05, 3.63) is 48.4 Å². The molecule has 2 N–H and O–H groups in total. The normalized spacial score (nSPS) is 15.9. The number of anilines is 2. The Morgan fingerprint density at radius 2 is 1.86 bits per heavy atom. The molecule has 2 fully saturated rings. The SMILES string of the molecule is O=C(COc1cccc(NC(=O)C2CC2)c1)Nc1ccc2oc(C3CC3)nc2c1. The molecule has 0 aliphatic heterocycles. The highest BCUT2D eigenvalue weighted by Gasteiger charge is 2.30. The van der Waals surface area contributed by atoms with Gasteiger partial charge in [-0.15, -0.1) is 0 Å². The number of ether oxygens (including phenoxy) is 1. The molecule has 2 amide bonds. The molecule has 0 bridgehead atoms. The van der Waals surface area contributed by atoms with Crippen LogP contribution in [-0.2, 0) is 9.59 Å². The molecule has 0 saturated heterocycles. The van der Waals surface area contributed by atoms with E-state index in [0.29, 0.717) is 23.0 Å². The van der Waals surface area contributed by atoms with Gasteiger partial charge in [0.15, 0.2) is 18.1 Å². The van der Waals surface area contributed by atoms with E-state index in [4.69, 9.17) is 9.15 Å². The first kappa shape index (κ1) is 17.7. The molecule has 29 heavy (non-hydrogen) atoms. The van der Waals surface area contributed by atoms with Crippen molar-refractivity contribution in [3.8, 4) is 5.75 Å². The van der Waals surface area contributed by atoms with Crippen LogP contribution in [0, 0.1) is 5.92 Å². The zero-order chi connectivity index (χ0) is 19.8. The molecule has 2 aliphatic carbocycles. The van der Waals surface area contributed by atoms with Gasteiger partial charge in [0.25, 0.3) is 5.91 Å². The van der Waals surface area contributed by atoms with Crippen LogP contribution >= 0.6 is 0 Å². The first-order valence-electron chi connectivity index (χ1n) is 9.88. The van der Waals surface area contributed by atoms with Gasteiger partial charge in [0.1, 0.15) is 11.3 Å². The van der Waals surface area contributed by atoms with Crippen molar-refractivity contribution in [3.63, 3.8) is 0 Å². The van der Waals surface area contributed by atoms with Crippen molar-refractivity contribution < 1.29 is 18.7 Å². The Morgan fingerprint density at radius 1 is 1.03 bits per heavy atom. The van der Waals surface area contributed by atoms with Crippen molar-refractivity contribution in [2.75, 3.05) is 17.2 Å². The van der Waals surface area contributed by atoms with E-state index in [1.54, 1.807) is 36.4 Å². The fraction of sp³-hybridized carbons (Fsp3) is 0.318. The largest absolute Gasteiger partial charge is 0.484 e. The van der Waals surface area contributed by atoms with E-state index in [1.165, 1.54) is 0 Å². The summed E-state index contributed by atoms with van der Waals surface area (Å²) in [5, 5.41) is 5.68. The van der Waals surface area contributed by atoms with Crippen LogP contribution in [0.25, 0.3) is 11.1 Å². The molecular weight excluding hydrogens is 370 g/mol. The number of oxazole rings is 1. The van der Waals surface area contributed by atoms with Crippen LogP contribution in [0.15, 0.2) is 46.9 Å². The number of carbonyl (C=O) groups is 2. The number of hydrogen-bond acceptors (Lipinski definition) is 5. The molecule has 2 saturated carbocycles. The Hall–Kier alpha value is -3.35. The van der Waals surface area contributed by atoms with E-state index in [-0.39, 0.29) is 24.3 Å². The van der Waals surface area contributed by atoms with Crippen LogP contribution in [-0.4, -0.2) is 23.4 Å². The lowest BCUT2D eigenvalue weighted by molar-refractivity contribution is -0.118. The van der Waals surface area contributed by atoms with E-state index in [2.05, 4.69) is 15.6 Å². The molecule has 1 aromatic heterocycles. The highest BCUT2D eigenvalue weighted by molar-refractivity contribution is 5.95. The molecule has 0 radical (unpaired) electrons. The second-order valence-electron chi connectivity index (χ2n) is 7.64. The van der Waals surface area contributed by atoms with Crippen molar-refractivity contribution in [1.82, 2.24) is 4.98 Å². The highest BCUT2D eigenvalue weighted by atomic mass is 16.5. The second-order valence-corrected chi connectivity index (χ2v) is 7.64. The third-order valence-electron chi connectivity index (χ3n) is 5.03. The van der Waals surface area contributed by atoms with E-state index in [0.717, 1.165) is 42.7 Å². The monoisotopic (exact) mass is 391 g/mol.